The van der Waals surface area contributed by atoms with Crippen LogP contribution in [0.2, 0.25) is 0 Å². The van der Waals surface area contributed by atoms with Crippen LogP contribution in [0.15, 0.2) is 42.6 Å². The van der Waals surface area contributed by atoms with Crippen molar-refractivity contribution in [2.75, 3.05) is 13.3 Å². The molecule has 6 heteroatoms. The summed E-state index contributed by atoms with van der Waals surface area (Å²) in [4.78, 5) is 17.2. The van der Waals surface area contributed by atoms with Gasteiger partial charge in [0, 0.05) is 30.8 Å². The van der Waals surface area contributed by atoms with E-state index < -0.39 is 0 Å². The number of rotatable bonds is 7. The number of carbonyl (C=O) groups excluding carboxylic acids is 1. The van der Waals surface area contributed by atoms with Gasteiger partial charge in [-0.25, -0.2) is 4.98 Å². The molecule has 1 aromatic carbocycles. The molecule has 1 atom stereocenters. The third kappa shape index (κ3) is 3.54. The number of unbranched alkanes of at least 4 members (excludes halogenated alkanes) is 1. The van der Waals surface area contributed by atoms with E-state index in [2.05, 4.69) is 34.6 Å². The van der Waals surface area contributed by atoms with Crippen LogP contribution in [0.1, 0.15) is 49.1 Å². The maximum Gasteiger partial charge on any atom is 0.231 e. The summed E-state index contributed by atoms with van der Waals surface area (Å²) in [6.45, 7) is 5.10. The third-order valence-corrected chi connectivity index (χ3v) is 5.15. The molecular weight excluding hydrogens is 354 g/mol. The van der Waals surface area contributed by atoms with Crippen LogP contribution in [-0.4, -0.2) is 28.6 Å². The molecule has 1 aliphatic heterocycles. The zero-order chi connectivity index (χ0) is 19.5. The fourth-order valence-electron chi connectivity index (χ4n) is 3.66. The van der Waals surface area contributed by atoms with Gasteiger partial charge < -0.3 is 19.2 Å². The van der Waals surface area contributed by atoms with Crippen LogP contribution in [-0.2, 0) is 4.79 Å². The van der Waals surface area contributed by atoms with Crippen LogP contribution >= 0.6 is 0 Å². The molecule has 4 rings (SSSR count). The van der Waals surface area contributed by atoms with Crippen LogP contribution < -0.4 is 14.8 Å². The molecular formula is C22H25N3O3. The summed E-state index contributed by atoms with van der Waals surface area (Å²) in [5.74, 6) is 1.37. The standard InChI is InChI=1S/C22H25N3O3/c1-3-4-10-23-22(26)12-17(16-8-9-19-20(11-16)28-14-27-19)18-13-24-21-7-5-6-15(2)25(18)21/h5-9,11,13,17H,3-4,10,12,14H2,1-2H3,(H,23,26). The summed E-state index contributed by atoms with van der Waals surface area (Å²) >= 11 is 0. The fraction of sp³-hybridized carbons (Fsp3) is 0.364. The lowest BCUT2D eigenvalue weighted by Crippen LogP contribution is -2.26. The molecule has 3 heterocycles. The first-order valence-electron chi connectivity index (χ1n) is 9.76. The number of imidazole rings is 1. The Labute approximate surface area is 164 Å². The van der Waals surface area contributed by atoms with Gasteiger partial charge >= 0.3 is 0 Å². The van der Waals surface area contributed by atoms with Gasteiger partial charge in [0.15, 0.2) is 11.5 Å². The normalized spacial score (nSPS) is 13.6. The second-order valence-electron chi connectivity index (χ2n) is 7.12. The highest BCUT2D eigenvalue weighted by molar-refractivity contribution is 5.77. The average Bonchev–Trinajstić information content (AvgIpc) is 3.33. The van der Waals surface area contributed by atoms with Gasteiger partial charge in [0.1, 0.15) is 5.65 Å². The minimum absolute atomic E-state index is 0.0413. The molecule has 0 saturated heterocycles. The van der Waals surface area contributed by atoms with Gasteiger partial charge in [0.2, 0.25) is 12.7 Å². The number of carbonyl (C=O) groups is 1. The Balaban J connectivity index is 1.72. The van der Waals surface area contributed by atoms with Gasteiger partial charge in [-0.2, -0.15) is 0 Å². The van der Waals surface area contributed by atoms with E-state index in [1.54, 1.807) is 0 Å². The van der Waals surface area contributed by atoms with Crippen molar-refractivity contribution in [1.82, 2.24) is 14.7 Å². The number of aryl methyl sites for hydroxylation is 1. The monoisotopic (exact) mass is 379 g/mol. The van der Waals surface area contributed by atoms with Gasteiger partial charge in [0.05, 0.1) is 5.69 Å². The molecule has 1 amide bonds. The quantitative estimate of drug-likeness (QED) is 0.634. The van der Waals surface area contributed by atoms with Crippen molar-refractivity contribution in [3.05, 3.63) is 59.5 Å². The van der Waals surface area contributed by atoms with Gasteiger partial charge in [-0.05, 0) is 43.2 Å². The first-order valence-corrected chi connectivity index (χ1v) is 9.76. The summed E-state index contributed by atoms with van der Waals surface area (Å²) in [5, 5.41) is 3.04. The molecule has 1 N–H and O–H groups in total. The molecule has 3 aromatic rings. The van der Waals surface area contributed by atoms with E-state index in [1.165, 1.54) is 0 Å². The zero-order valence-corrected chi connectivity index (χ0v) is 16.3. The average molecular weight is 379 g/mol. The Morgan fingerprint density at radius 1 is 1.25 bits per heavy atom. The minimum atomic E-state index is -0.132. The lowest BCUT2D eigenvalue weighted by Gasteiger charge is -2.19. The van der Waals surface area contributed by atoms with Crippen LogP contribution in [0.25, 0.3) is 5.65 Å². The highest BCUT2D eigenvalue weighted by atomic mass is 16.7. The van der Waals surface area contributed by atoms with Gasteiger partial charge in [-0.3, -0.25) is 4.79 Å². The Hall–Kier alpha value is -3.02. The summed E-state index contributed by atoms with van der Waals surface area (Å²) in [6, 6.07) is 11.9. The summed E-state index contributed by atoms with van der Waals surface area (Å²) < 4.78 is 13.1. The molecule has 0 radical (unpaired) electrons. The number of nitrogens with one attached hydrogen (secondary N) is 1. The number of nitrogens with zero attached hydrogens (tertiary/aromatic N) is 2. The molecule has 0 aliphatic carbocycles. The van der Waals surface area contributed by atoms with E-state index in [1.807, 2.05) is 36.5 Å². The SMILES string of the molecule is CCCCNC(=O)CC(c1ccc2c(c1)OCO2)c1cnc2cccc(C)n12. The smallest absolute Gasteiger partial charge is 0.231 e. The molecule has 0 spiro atoms. The summed E-state index contributed by atoms with van der Waals surface area (Å²) in [7, 11) is 0. The van der Waals surface area contributed by atoms with Crippen molar-refractivity contribution in [2.45, 2.75) is 39.0 Å². The van der Waals surface area contributed by atoms with Crippen molar-refractivity contribution in [3.8, 4) is 11.5 Å². The molecule has 0 saturated carbocycles. The molecule has 6 nitrogen and oxygen atoms in total. The topological polar surface area (TPSA) is 64.9 Å². The number of pyridine rings is 1. The van der Waals surface area contributed by atoms with E-state index in [9.17, 15) is 4.79 Å². The van der Waals surface area contributed by atoms with Gasteiger partial charge in [-0.1, -0.05) is 25.5 Å². The molecule has 0 bridgehead atoms. The van der Waals surface area contributed by atoms with Crippen molar-refractivity contribution < 1.29 is 14.3 Å². The molecule has 1 unspecified atom stereocenters. The molecule has 146 valence electrons. The van der Waals surface area contributed by atoms with Crippen LogP contribution in [0.4, 0.5) is 0 Å². The van der Waals surface area contributed by atoms with Crippen molar-refractivity contribution in [3.63, 3.8) is 0 Å². The number of hydrogen-bond acceptors (Lipinski definition) is 4. The maximum absolute atomic E-state index is 12.7. The number of ether oxygens (including phenoxy) is 2. The van der Waals surface area contributed by atoms with Gasteiger partial charge in [-0.15, -0.1) is 0 Å². The van der Waals surface area contributed by atoms with E-state index in [0.29, 0.717) is 13.0 Å². The largest absolute Gasteiger partial charge is 0.454 e. The van der Waals surface area contributed by atoms with Crippen molar-refractivity contribution >= 4 is 11.6 Å². The highest BCUT2D eigenvalue weighted by Crippen LogP contribution is 2.38. The molecule has 1 aliphatic rings. The number of fused-ring (bicyclic) bond motifs is 2. The Morgan fingerprint density at radius 2 is 2.11 bits per heavy atom. The van der Waals surface area contributed by atoms with Crippen molar-refractivity contribution in [2.24, 2.45) is 0 Å². The molecule has 0 fully saturated rings. The lowest BCUT2D eigenvalue weighted by atomic mass is 9.91. The highest BCUT2D eigenvalue weighted by Gasteiger charge is 2.25. The predicted molar refractivity (Wildman–Crippen MR) is 107 cm³/mol. The van der Waals surface area contributed by atoms with E-state index in [0.717, 1.165) is 46.9 Å². The van der Waals surface area contributed by atoms with Crippen molar-refractivity contribution in [1.29, 1.82) is 0 Å². The molecule has 28 heavy (non-hydrogen) atoms. The Morgan fingerprint density at radius 3 is 2.96 bits per heavy atom. The zero-order valence-electron chi connectivity index (χ0n) is 16.3. The minimum Gasteiger partial charge on any atom is -0.454 e. The number of aromatic nitrogens is 2. The third-order valence-electron chi connectivity index (χ3n) is 5.15. The van der Waals surface area contributed by atoms with E-state index >= 15 is 0 Å². The van der Waals surface area contributed by atoms with Gasteiger partial charge in [0.25, 0.3) is 0 Å². The summed E-state index contributed by atoms with van der Waals surface area (Å²) in [5.41, 5.74) is 3.98. The maximum atomic E-state index is 12.7. The fourth-order valence-corrected chi connectivity index (χ4v) is 3.66. The molecule has 2 aromatic heterocycles. The first kappa shape index (κ1) is 18.3. The second-order valence-corrected chi connectivity index (χ2v) is 7.12. The first-order chi connectivity index (χ1) is 13.7. The van der Waals surface area contributed by atoms with Crippen LogP contribution in [0.3, 0.4) is 0 Å². The second kappa shape index (κ2) is 7.92. The predicted octanol–water partition coefficient (Wildman–Crippen LogP) is 3.81. The van der Waals surface area contributed by atoms with E-state index in [4.69, 9.17) is 9.47 Å². The number of amides is 1. The number of hydrogen-bond donors (Lipinski definition) is 1. The Bertz CT molecular complexity index is 996. The number of benzene rings is 1. The van der Waals surface area contributed by atoms with Crippen LogP contribution in [0, 0.1) is 6.92 Å². The Kier molecular flexibility index (Phi) is 5.19. The lowest BCUT2D eigenvalue weighted by molar-refractivity contribution is -0.121. The van der Waals surface area contributed by atoms with Crippen LogP contribution in [0.5, 0.6) is 11.5 Å². The van der Waals surface area contributed by atoms with E-state index in [-0.39, 0.29) is 18.6 Å². The summed E-state index contributed by atoms with van der Waals surface area (Å²) in [6.07, 6.45) is 4.26.